The summed E-state index contributed by atoms with van der Waals surface area (Å²) in [7, 11) is 0. The minimum atomic E-state index is -0.635. The molecule has 1 aliphatic rings. The number of likely N-dealkylation sites (tertiary alicyclic amines) is 1. The van der Waals surface area contributed by atoms with Crippen molar-refractivity contribution < 1.29 is 18.7 Å². The number of nitrogens with zero attached hydrogens (tertiary/aromatic N) is 2. The van der Waals surface area contributed by atoms with Crippen LogP contribution in [0.5, 0.6) is 5.75 Å². The van der Waals surface area contributed by atoms with E-state index in [1.54, 1.807) is 6.07 Å². The van der Waals surface area contributed by atoms with Crippen LogP contribution in [0.25, 0.3) is 10.9 Å². The lowest BCUT2D eigenvalue weighted by Crippen LogP contribution is -2.18. The number of fused-ring (bicyclic) bond motifs is 1. The molecule has 0 spiro atoms. The van der Waals surface area contributed by atoms with E-state index in [4.69, 9.17) is 9.47 Å². The number of aryl methyl sites for hydroxylation is 1. The second-order valence-electron chi connectivity index (χ2n) is 8.28. The number of ether oxygens (including phenoxy) is 2. The number of aromatic nitrogens is 1. The molecule has 2 aromatic carbocycles. The lowest BCUT2D eigenvalue weighted by Gasteiger charge is -2.16. The summed E-state index contributed by atoms with van der Waals surface area (Å²) in [6.45, 7) is 8.34. The van der Waals surface area contributed by atoms with Crippen LogP contribution in [0.3, 0.4) is 0 Å². The Kier molecular flexibility index (Phi) is 7.52. The summed E-state index contributed by atoms with van der Waals surface area (Å²) in [4.78, 5) is 19.8. The Morgan fingerprint density at radius 2 is 1.97 bits per heavy atom. The Hall–Kier alpha value is -3.03. The Bertz CT molecular complexity index is 1130. The van der Waals surface area contributed by atoms with Gasteiger partial charge in [0.2, 0.25) is 0 Å². The minimum Gasteiger partial charge on any atom is -0.491 e. The van der Waals surface area contributed by atoms with Crippen molar-refractivity contribution in [3.8, 4) is 5.75 Å². The summed E-state index contributed by atoms with van der Waals surface area (Å²) in [6, 6.07) is 10.2. The summed E-state index contributed by atoms with van der Waals surface area (Å²) in [5, 5.41) is 3.85. The number of carbonyl (C=O) groups is 1. The van der Waals surface area contributed by atoms with Crippen LogP contribution in [0.4, 0.5) is 10.1 Å². The SMILES string of the molecule is CCOCCOc1ccc(C(=O)Nc2ccc3cc(CN4CCCC4)cnc3c2C)c(F)c1. The van der Waals surface area contributed by atoms with E-state index in [2.05, 4.69) is 21.3 Å². The monoisotopic (exact) mass is 451 g/mol. The molecule has 0 saturated carbocycles. The first-order valence-electron chi connectivity index (χ1n) is 11.5. The maximum atomic E-state index is 14.6. The number of amides is 1. The van der Waals surface area contributed by atoms with Gasteiger partial charge in [-0.15, -0.1) is 0 Å². The molecule has 0 atom stereocenters. The third-order valence-electron chi connectivity index (χ3n) is 5.90. The zero-order valence-electron chi connectivity index (χ0n) is 19.2. The van der Waals surface area contributed by atoms with Gasteiger partial charge in [-0.1, -0.05) is 6.07 Å². The second-order valence-corrected chi connectivity index (χ2v) is 8.28. The van der Waals surface area contributed by atoms with E-state index < -0.39 is 11.7 Å². The van der Waals surface area contributed by atoms with E-state index in [9.17, 15) is 9.18 Å². The van der Waals surface area contributed by atoms with Crippen LogP contribution in [-0.4, -0.2) is 48.7 Å². The fraction of sp³-hybridized carbons (Fsp3) is 0.385. The molecule has 0 bridgehead atoms. The summed E-state index contributed by atoms with van der Waals surface area (Å²) in [6.07, 6.45) is 4.42. The van der Waals surface area contributed by atoms with Crippen molar-refractivity contribution >= 4 is 22.5 Å². The van der Waals surface area contributed by atoms with Gasteiger partial charge < -0.3 is 14.8 Å². The largest absolute Gasteiger partial charge is 0.491 e. The molecule has 33 heavy (non-hydrogen) atoms. The van der Waals surface area contributed by atoms with Crippen molar-refractivity contribution in [1.82, 2.24) is 9.88 Å². The highest BCUT2D eigenvalue weighted by Gasteiger charge is 2.16. The number of rotatable bonds is 9. The van der Waals surface area contributed by atoms with Gasteiger partial charge in [0.05, 0.1) is 17.7 Å². The topological polar surface area (TPSA) is 63.7 Å². The molecule has 0 radical (unpaired) electrons. The zero-order chi connectivity index (χ0) is 23.2. The molecule has 6 nitrogen and oxygen atoms in total. The van der Waals surface area contributed by atoms with Crippen LogP contribution in [0.2, 0.25) is 0 Å². The Morgan fingerprint density at radius 3 is 2.73 bits per heavy atom. The molecule has 2 heterocycles. The lowest BCUT2D eigenvalue weighted by atomic mass is 10.1. The average molecular weight is 452 g/mol. The van der Waals surface area contributed by atoms with Gasteiger partial charge in [0.1, 0.15) is 18.2 Å². The predicted octanol–water partition coefficient (Wildman–Crippen LogP) is 4.95. The van der Waals surface area contributed by atoms with Crippen LogP contribution < -0.4 is 10.1 Å². The van der Waals surface area contributed by atoms with Gasteiger partial charge >= 0.3 is 0 Å². The molecule has 7 heteroatoms. The van der Waals surface area contributed by atoms with Gasteiger partial charge in [0.25, 0.3) is 5.91 Å². The molecular weight excluding hydrogens is 421 g/mol. The quantitative estimate of drug-likeness (QED) is 0.467. The van der Waals surface area contributed by atoms with Gasteiger partial charge in [-0.05, 0) is 75.2 Å². The Morgan fingerprint density at radius 1 is 1.15 bits per heavy atom. The summed E-state index contributed by atoms with van der Waals surface area (Å²) in [5.41, 5.74) is 3.44. The molecule has 4 rings (SSSR count). The molecular formula is C26H30FN3O3. The van der Waals surface area contributed by atoms with Crippen LogP contribution in [0, 0.1) is 12.7 Å². The summed E-state index contributed by atoms with van der Waals surface area (Å²) >= 11 is 0. The van der Waals surface area contributed by atoms with Crippen molar-refractivity contribution in [1.29, 1.82) is 0 Å². The maximum Gasteiger partial charge on any atom is 0.258 e. The van der Waals surface area contributed by atoms with Crippen LogP contribution in [-0.2, 0) is 11.3 Å². The van der Waals surface area contributed by atoms with Crippen molar-refractivity contribution in [3.63, 3.8) is 0 Å². The minimum absolute atomic E-state index is 0.0411. The predicted molar refractivity (Wildman–Crippen MR) is 127 cm³/mol. The zero-order valence-corrected chi connectivity index (χ0v) is 19.2. The first-order valence-corrected chi connectivity index (χ1v) is 11.5. The number of anilines is 1. The third-order valence-corrected chi connectivity index (χ3v) is 5.90. The Balaban J connectivity index is 1.45. The first kappa shape index (κ1) is 23.1. The fourth-order valence-electron chi connectivity index (χ4n) is 4.14. The van der Waals surface area contributed by atoms with E-state index in [0.717, 1.165) is 36.1 Å². The molecule has 174 valence electrons. The van der Waals surface area contributed by atoms with Crippen molar-refractivity contribution in [2.75, 3.05) is 38.2 Å². The van der Waals surface area contributed by atoms with Gasteiger partial charge in [0.15, 0.2) is 0 Å². The molecule has 3 aromatic rings. The van der Waals surface area contributed by atoms with Crippen molar-refractivity contribution in [3.05, 3.63) is 65.1 Å². The van der Waals surface area contributed by atoms with E-state index in [0.29, 0.717) is 31.3 Å². The first-order chi connectivity index (χ1) is 16.0. The molecule has 1 aromatic heterocycles. The Labute approximate surface area is 193 Å². The summed E-state index contributed by atoms with van der Waals surface area (Å²) in [5.74, 6) is -0.787. The smallest absolute Gasteiger partial charge is 0.258 e. The van der Waals surface area contributed by atoms with Crippen LogP contribution in [0.15, 0.2) is 42.6 Å². The number of pyridine rings is 1. The molecule has 1 fully saturated rings. The number of hydrogen-bond acceptors (Lipinski definition) is 5. The standard InChI is InChI=1S/C26H30FN3O3/c1-3-32-12-13-33-21-7-8-22(23(27)15-21)26(31)29-24-9-6-20-14-19(16-28-25(20)18(24)2)17-30-10-4-5-11-30/h6-9,14-16H,3-5,10-13,17H2,1-2H3,(H,29,31). The number of hydrogen-bond donors (Lipinski definition) is 1. The van der Waals surface area contributed by atoms with Crippen molar-refractivity contribution in [2.24, 2.45) is 0 Å². The number of carbonyl (C=O) groups excluding carboxylic acids is 1. The molecule has 0 unspecified atom stereocenters. The van der Waals surface area contributed by atoms with E-state index in [1.165, 1.54) is 30.5 Å². The number of benzene rings is 2. The second kappa shape index (κ2) is 10.7. The van der Waals surface area contributed by atoms with E-state index in [-0.39, 0.29) is 5.56 Å². The maximum absolute atomic E-state index is 14.6. The van der Waals surface area contributed by atoms with E-state index in [1.807, 2.05) is 32.2 Å². The van der Waals surface area contributed by atoms with Crippen LogP contribution in [0.1, 0.15) is 41.3 Å². The molecule has 1 N–H and O–H groups in total. The number of halogens is 1. The van der Waals surface area contributed by atoms with Gasteiger partial charge in [-0.25, -0.2) is 4.39 Å². The lowest BCUT2D eigenvalue weighted by molar-refractivity contribution is 0.102. The third kappa shape index (κ3) is 5.67. The number of nitrogens with one attached hydrogen (secondary N) is 1. The van der Waals surface area contributed by atoms with Gasteiger partial charge in [-0.2, -0.15) is 0 Å². The van der Waals surface area contributed by atoms with Gasteiger partial charge in [0, 0.05) is 36.5 Å². The average Bonchev–Trinajstić information content (AvgIpc) is 3.32. The summed E-state index contributed by atoms with van der Waals surface area (Å²) < 4.78 is 25.2. The highest BCUT2D eigenvalue weighted by atomic mass is 19.1. The van der Waals surface area contributed by atoms with Crippen molar-refractivity contribution in [2.45, 2.75) is 33.2 Å². The fourth-order valence-corrected chi connectivity index (χ4v) is 4.14. The molecule has 1 amide bonds. The molecule has 1 aliphatic heterocycles. The highest BCUT2D eigenvalue weighted by Crippen LogP contribution is 2.26. The molecule has 0 aliphatic carbocycles. The normalized spacial score (nSPS) is 14.0. The van der Waals surface area contributed by atoms with Crippen LogP contribution >= 0.6 is 0 Å². The van der Waals surface area contributed by atoms with E-state index >= 15 is 0 Å². The molecule has 1 saturated heterocycles. The van der Waals surface area contributed by atoms with Gasteiger partial charge in [-0.3, -0.25) is 14.7 Å². The highest BCUT2D eigenvalue weighted by molar-refractivity contribution is 6.06.